The predicted molar refractivity (Wildman–Crippen MR) is 61.2 cm³/mol. The zero-order valence-corrected chi connectivity index (χ0v) is 9.78. The summed E-state index contributed by atoms with van der Waals surface area (Å²) in [6, 6.07) is 4.69. The Morgan fingerprint density at radius 1 is 1.06 bits per heavy atom. The van der Waals surface area contributed by atoms with Crippen LogP contribution in [0.1, 0.15) is 22.2 Å². The van der Waals surface area contributed by atoms with Crippen LogP contribution in [0.15, 0.2) is 42.9 Å². The largest absolute Gasteiger partial charge is 0.416 e. The third-order valence-corrected chi connectivity index (χ3v) is 2.85. The lowest BCUT2D eigenvalue weighted by Gasteiger charge is -2.11. The molecule has 0 amide bonds. The molecule has 94 valence electrons. The first-order valence-electron chi connectivity index (χ1n) is 5.05. The first kappa shape index (κ1) is 12.8. The maximum atomic E-state index is 12.4. The Bertz CT molecular complexity index is 511. The summed E-state index contributed by atoms with van der Waals surface area (Å²) in [6.45, 7) is 0. The minimum atomic E-state index is -4.34. The van der Waals surface area contributed by atoms with Crippen LogP contribution in [0.25, 0.3) is 0 Å². The molecule has 0 saturated heterocycles. The van der Waals surface area contributed by atoms with Crippen molar-refractivity contribution in [2.75, 3.05) is 0 Å². The van der Waals surface area contributed by atoms with E-state index < -0.39 is 17.1 Å². The van der Waals surface area contributed by atoms with E-state index in [-0.39, 0.29) is 0 Å². The highest BCUT2D eigenvalue weighted by Crippen LogP contribution is 2.32. The smallest absolute Gasteiger partial charge is 0.261 e. The summed E-state index contributed by atoms with van der Waals surface area (Å²) in [5.41, 5.74) is 0.346. The molecule has 0 aliphatic rings. The lowest BCUT2D eigenvalue weighted by atomic mass is 10.1. The van der Waals surface area contributed by atoms with Crippen molar-refractivity contribution in [1.82, 2.24) is 9.97 Å². The minimum Gasteiger partial charge on any atom is -0.261 e. The lowest BCUT2D eigenvalue weighted by Crippen LogP contribution is -2.05. The van der Waals surface area contributed by atoms with Crippen LogP contribution in [0, 0.1) is 0 Å². The highest BCUT2D eigenvalue weighted by Gasteiger charge is 2.30. The van der Waals surface area contributed by atoms with Crippen LogP contribution in [0.4, 0.5) is 13.2 Å². The third-order valence-electron chi connectivity index (χ3n) is 2.37. The van der Waals surface area contributed by atoms with Gasteiger partial charge in [0, 0.05) is 12.4 Å². The second-order valence-corrected chi connectivity index (χ2v) is 4.05. The molecule has 0 N–H and O–H groups in total. The standard InChI is InChI=1S/C12H8ClF3N2/c13-11(10-7-17-5-6-18-10)8-1-3-9(4-2-8)12(14,15)16/h1-7,11H. The van der Waals surface area contributed by atoms with E-state index in [1.165, 1.54) is 30.7 Å². The Morgan fingerprint density at radius 3 is 2.22 bits per heavy atom. The van der Waals surface area contributed by atoms with E-state index in [9.17, 15) is 13.2 Å². The minimum absolute atomic E-state index is 0.499. The summed E-state index contributed by atoms with van der Waals surface area (Å²) < 4.78 is 37.2. The van der Waals surface area contributed by atoms with Crippen molar-refractivity contribution in [1.29, 1.82) is 0 Å². The van der Waals surface area contributed by atoms with Crippen LogP contribution in [-0.2, 0) is 6.18 Å². The monoisotopic (exact) mass is 272 g/mol. The highest BCUT2D eigenvalue weighted by molar-refractivity contribution is 6.22. The number of nitrogens with zero attached hydrogens (tertiary/aromatic N) is 2. The van der Waals surface area contributed by atoms with Crippen LogP contribution in [0.2, 0.25) is 0 Å². The van der Waals surface area contributed by atoms with Gasteiger partial charge in [0.2, 0.25) is 0 Å². The van der Waals surface area contributed by atoms with E-state index in [1.54, 1.807) is 0 Å². The van der Waals surface area contributed by atoms with Crippen LogP contribution >= 0.6 is 11.6 Å². The number of hydrogen-bond acceptors (Lipinski definition) is 2. The molecule has 0 radical (unpaired) electrons. The van der Waals surface area contributed by atoms with Gasteiger partial charge in [0.1, 0.15) is 5.38 Å². The molecular weight excluding hydrogens is 265 g/mol. The molecule has 1 unspecified atom stereocenters. The molecule has 2 rings (SSSR count). The van der Waals surface area contributed by atoms with Gasteiger partial charge >= 0.3 is 6.18 Å². The SMILES string of the molecule is FC(F)(F)c1ccc(C(Cl)c2cnccn2)cc1. The van der Waals surface area contributed by atoms with Gasteiger partial charge in [0.25, 0.3) is 0 Å². The zero-order valence-electron chi connectivity index (χ0n) is 9.03. The molecule has 0 bridgehead atoms. The van der Waals surface area contributed by atoms with Gasteiger partial charge < -0.3 is 0 Å². The van der Waals surface area contributed by atoms with E-state index in [1.807, 2.05) is 0 Å². The molecule has 18 heavy (non-hydrogen) atoms. The van der Waals surface area contributed by atoms with Crippen molar-refractivity contribution in [2.45, 2.75) is 11.6 Å². The number of halogens is 4. The Morgan fingerprint density at radius 2 is 1.72 bits per heavy atom. The number of alkyl halides is 4. The Kier molecular flexibility index (Phi) is 3.52. The van der Waals surface area contributed by atoms with Crippen LogP contribution < -0.4 is 0 Å². The van der Waals surface area contributed by atoms with Gasteiger partial charge in [-0.2, -0.15) is 13.2 Å². The van der Waals surface area contributed by atoms with Crippen molar-refractivity contribution in [3.8, 4) is 0 Å². The molecule has 0 aliphatic heterocycles. The molecule has 1 heterocycles. The third kappa shape index (κ3) is 2.79. The molecule has 0 aliphatic carbocycles. The average molecular weight is 273 g/mol. The molecule has 0 fully saturated rings. The summed E-state index contributed by atoms with van der Waals surface area (Å²) in [5.74, 6) is 0. The topological polar surface area (TPSA) is 25.8 Å². The molecule has 2 aromatic rings. The van der Waals surface area contributed by atoms with E-state index in [0.29, 0.717) is 11.3 Å². The lowest BCUT2D eigenvalue weighted by molar-refractivity contribution is -0.137. The summed E-state index contributed by atoms with van der Waals surface area (Å²) in [4.78, 5) is 7.87. The van der Waals surface area contributed by atoms with Gasteiger partial charge in [-0.05, 0) is 17.7 Å². The first-order chi connectivity index (χ1) is 8.48. The Hall–Kier alpha value is -1.62. The van der Waals surface area contributed by atoms with Gasteiger partial charge in [-0.15, -0.1) is 11.6 Å². The molecule has 1 aromatic heterocycles. The average Bonchev–Trinajstić information content (AvgIpc) is 2.38. The van der Waals surface area contributed by atoms with Gasteiger partial charge in [0.15, 0.2) is 0 Å². The number of aromatic nitrogens is 2. The number of benzene rings is 1. The fourth-order valence-corrected chi connectivity index (χ4v) is 1.71. The van der Waals surface area contributed by atoms with Gasteiger partial charge in [0.05, 0.1) is 17.5 Å². The van der Waals surface area contributed by atoms with Gasteiger partial charge in [-0.1, -0.05) is 12.1 Å². The van der Waals surface area contributed by atoms with Crippen molar-refractivity contribution in [2.24, 2.45) is 0 Å². The molecular formula is C12H8ClF3N2. The fourth-order valence-electron chi connectivity index (χ4n) is 1.45. The zero-order chi connectivity index (χ0) is 13.2. The maximum absolute atomic E-state index is 12.4. The summed E-state index contributed by atoms with van der Waals surface area (Å²) in [5, 5.41) is -0.610. The predicted octanol–water partition coefficient (Wildman–Crippen LogP) is 3.82. The van der Waals surface area contributed by atoms with Crippen LogP contribution in [0.5, 0.6) is 0 Å². The van der Waals surface area contributed by atoms with E-state index in [4.69, 9.17) is 11.6 Å². The van der Waals surface area contributed by atoms with Crippen LogP contribution in [0.3, 0.4) is 0 Å². The number of rotatable bonds is 2. The quantitative estimate of drug-likeness (QED) is 0.777. The highest BCUT2D eigenvalue weighted by atomic mass is 35.5. The van der Waals surface area contributed by atoms with Crippen molar-refractivity contribution in [3.05, 3.63) is 59.7 Å². The van der Waals surface area contributed by atoms with E-state index in [0.717, 1.165) is 12.1 Å². The van der Waals surface area contributed by atoms with Crippen molar-refractivity contribution in [3.63, 3.8) is 0 Å². The maximum Gasteiger partial charge on any atom is 0.416 e. The second-order valence-electron chi connectivity index (χ2n) is 3.61. The molecule has 1 aromatic carbocycles. The van der Waals surface area contributed by atoms with E-state index >= 15 is 0 Å². The molecule has 0 spiro atoms. The molecule has 1 atom stereocenters. The Balaban J connectivity index is 2.25. The summed E-state index contributed by atoms with van der Waals surface area (Å²) in [7, 11) is 0. The van der Waals surface area contributed by atoms with Gasteiger partial charge in [-0.25, -0.2) is 0 Å². The van der Waals surface area contributed by atoms with Crippen molar-refractivity contribution < 1.29 is 13.2 Å². The first-order valence-corrected chi connectivity index (χ1v) is 5.49. The second kappa shape index (κ2) is 4.94. The fraction of sp³-hybridized carbons (Fsp3) is 0.167. The van der Waals surface area contributed by atoms with Crippen LogP contribution in [-0.4, -0.2) is 9.97 Å². The normalized spacial score (nSPS) is 13.3. The van der Waals surface area contributed by atoms with E-state index in [2.05, 4.69) is 9.97 Å². The number of hydrogen-bond donors (Lipinski definition) is 0. The Labute approximate surface area is 106 Å². The van der Waals surface area contributed by atoms with Gasteiger partial charge in [-0.3, -0.25) is 9.97 Å². The summed E-state index contributed by atoms with van der Waals surface area (Å²) in [6.07, 6.45) is 0.122. The van der Waals surface area contributed by atoms with Crippen molar-refractivity contribution >= 4 is 11.6 Å². The molecule has 2 nitrogen and oxygen atoms in total. The molecule has 0 saturated carbocycles. The summed E-state index contributed by atoms with van der Waals surface area (Å²) >= 11 is 6.11. The molecule has 6 heteroatoms.